The Balaban J connectivity index is 0.000000250. The lowest BCUT2D eigenvalue weighted by Crippen LogP contribution is -1.44. The number of aromatic amines is 4. The summed E-state index contributed by atoms with van der Waals surface area (Å²) in [6.45, 7) is 0. The number of nitrogens with zero attached hydrogens (tertiary/aromatic N) is 4. The van der Waals surface area contributed by atoms with Crippen LogP contribution in [0.2, 0.25) is 0 Å². The van der Waals surface area contributed by atoms with Crippen molar-refractivity contribution in [1.29, 1.82) is 0 Å². The second kappa shape index (κ2) is 15.2. The van der Waals surface area contributed by atoms with Crippen molar-refractivity contribution in [3.05, 3.63) is 74.9 Å². The molecule has 0 bridgehead atoms. The van der Waals surface area contributed by atoms with Crippen LogP contribution in [0.3, 0.4) is 0 Å². The number of halogens is 1. The molecule has 4 heterocycles. The fourth-order valence-electron chi connectivity index (χ4n) is 0.861. The van der Waals surface area contributed by atoms with Gasteiger partial charge < -0.3 is 19.9 Å². The van der Waals surface area contributed by atoms with E-state index in [1.54, 1.807) is 74.9 Å². The van der Waals surface area contributed by atoms with Crippen LogP contribution >= 0.6 is 12.4 Å². The van der Waals surface area contributed by atoms with E-state index in [9.17, 15) is 0 Å². The van der Waals surface area contributed by atoms with Gasteiger partial charge in [-0.15, -0.1) is 12.4 Å². The molecule has 0 amide bonds. The Bertz CT molecular complexity index is 356. The molecule has 4 aromatic heterocycles. The molecule has 0 saturated carbocycles. The van der Waals surface area contributed by atoms with Gasteiger partial charge in [-0.1, -0.05) is 0 Å². The summed E-state index contributed by atoms with van der Waals surface area (Å²) in [6, 6.07) is 0. The Morgan fingerprint density at radius 3 is 0.714 bits per heavy atom. The molecule has 4 rings (SSSR count). The highest BCUT2D eigenvalue weighted by molar-refractivity contribution is 5.85. The van der Waals surface area contributed by atoms with Crippen molar-refractivity contribution in [3.63, 3.8) is 0 Å². The van der Waals surface area contributed by atoms with Gasteiger partial charge in [0, 0.05) is 49.6 Å². The van der Waals surface area contributed by atoms with E-state index in [0.29, 0.717) is 0 Å². The molecule has 0 aliphatic heterocycles. The van der Waals surface area contributed by atoms with E-state index in [4.69, 9.17) is 0 Å². The van der Waals surface area contributed by atoms with E-state index >= 15 is 0 Å². The number of H-pyrrole nitrogens is 4. The van der Waals surface area contributed by atoms with Crippen LogP contribution in [0, 0.1) is 0 Å². The maximum Gasteiger partial charge on any atom is 0.0919 e. The maximum absolute atomic E-state index is 3.67. The van der Waals surface area contributed by atoms with Crippen molar-refractivity contribution >= 4 is 12.4 Å². The molecule has 8 nitrogen and oxygen atoms in total. The highest BCUT2D eigenvalue weighted by Crippen LogP contribution is 1.64. The molecule has 0 atom stereocenters. The van der Waals surface area contributed by atoms with Gasteiger partial charge in [0.25, 0.3) is 0 Å². The molecule has 112 valence electrons. The summed E-state index contributed by atoms with van der Waals surface area (Å²) in [6.07, 6.45) is 20.3. The summed E-state index contributed by atoms with van der Waals surface area (Å²) in [7, 11) is 0. The first-order chi connectivity index (χ1) is 10.0. The summed E-state index contributed by atoms with van der Waals surface area (Å²) < 4.78 is 0. The van der Waals surface area contributed by atoms with E-state index in [0.717, 1.165) is 0 Å². The molecule has 0 aliphatic carbocycles. The Morgan fingerprint density at radius 1 is 0.429 bits per heavy atom. The molecule has 0 aliphatic rings. The molecule has 0 aromatic carbocycles. The standard InChI is InChI=1S/4C3H4N2.ClH/c4*1-2-5-3-4-1;/h4*1-3H,(H,4,5);1H. The number of rotatable bonds is 0. The minimum atomic E-state index is 0. The first-order valence-corrected chi connectivity index (χ1v) is 5.71. The number of imidazole rings is 4. The van der Waals surface area contributed by atoms with Gasteiger partial charge in [0.1, 0.15) is 0 Å². The second-order valence-corrected chi connectivity index (χ2v) is 3.04. The minimum Gasteiger partial charge on any atom is -0.351 e. The summed E-state index contributed by atoms with van der Waals surface area (Å²) >= 11 is 0. The van der Waals surface area contributed by atoms with Crippen molar-refractivity contribution in [3.8, 4) is 0 Å². The van der Waals surface area contributed by atoms with E-state index < -0.39 is 0 Å². The Morgan fingerprint density at radius 2 is 0.667 bits per heavy atom. The highest BCUT2D eigenvalue weighted by atomic mass is 35.5. The van der Waals surface area contributed by atoms with Crippen LogP contribution in [-0.4, -0.2) is 39.9 Å². The number of nitrogens with one attached hydrogen (secondary N) is 4. The van der Waals surface area contributed by atoms with E-state index in [2.05, 4.69) is 39.9 Å². The van der Waals surface area contributed by atoms with Crippen molar-refractivity contribution in [1.82, 2.24) is 39.9 Å². The zero-order valence-electron chi connectivity index (χ0n) is 11.1. The lowest BCUT2D eigenvalue weighted by Gasteiger charge is -1.46. The van der Waals surface area contributed by atoms with Crippen LogP contribution < -0.4 is 0 Å². The Hall–Kier alpha value is -2.87. The summed E-state index contributed by atoms with van der Waals surface area (Å²) in [5, 5.41) is 0. The van der Waals surface area contributed by atoms with Gasteiger partial charge in [-0.2, -0.15) is 0 Å². The average Bonchev–Trinajstić information content (AvgIpc) is 3.40. The molecule has 0 radical (unpaired) electrons. The summed E-state index contributed by atoms with van der Waals surface area (Å²) in [5.74, 6) is 0. The second-order valence-electron chi connectivity index (χ2n) is 3.04. The Kier molecular flexibility index (Phi) is 13.1. The monoisotopic (exact) mass is 308 g/mol. The zero-order chi connectivity index (χ0) is 14.1. The van der Waals surface area contributed by atoms with Crippen LogP contribution in [0.25, 0.3) is 0 Å². The van der Waals surface area contributed by atoms with Gasteiger partial charge in [0.15, 0.2) is 0 Å². The SMILES string of the molecule is Cl.c1c[nH]cn1.c1c[nH]cn1.c1c[nH]cn1.c1c[nH]cn1. The molecule has 0 unspecified atom stereocenters. The lowest BCUT2D eigenvalue weighted by atomic mass is 11.0. The minimum absolute atomic E-state index is 0. The third-order valence-electron chi connectivity index (χ3n) is 1.62. The third kappa shape index (κ3) is 13.4. The molecule has 0 saturated heterocycles. The fourth-order valence-corrected chi connectivity index (χ4v) is 0.861. The van der Waals surface area contributed by atoms with Crippen molar-refractivity contribution in [2.75, 3.05) is 0 Å². The first kappa shape index (κ1) is 18.1. The van der Waals surface area contributed by atoms with Crippen LogP contribution in [0.4, 0.5) is 0 Å². The van der Waals surface area contributed by atoms with Crippen LogP contribution in [-0.2, 0) is 0 Å². The van der Waals surface area contributed by atoms with Crippen molar-refractivity contribution in [2.24, 2.45) is 0 Å². The molecule has 0 fully saturated rings. The van der Waals surface area contributed by atoms with E-state index in [1.807, 2.05) is 0 Å². The predicted octanol–water partition coefficient (Wildman–Crippen LogP) is 2.06. The summed E-state index contributed by atoms with van der Waals surface area (Å²) in [5.41, 5.74) is 0. The average molecular weight is 309 g/mol. The molecule has 0 spiro atoms. The highest BCUT2D eigenvalue weighted by Gasteiger charge is 1.57. The number of hydrogen-bond acceptors (Lipinski definition) is 4. The van der Waals surface area contributed by atoms with Gasteiger partial charge in [-0.25, -0.2) is 19.9 Å². The van der Waals surface area contributed by atoms with Gasteiger partial charge in [-0.3, -0.25) is 0 Å². The molecule has 21 heavy (non-hydrogen) atoms. The van der Waals surface area contributed by atoms with Crippen LogP contribution in [0.5, 0.6) is 0 Å². The Labute approximate surface area is 127 Å². The molecular formula is C12H17ClN8. The number of aromatic nitrogens is 8. The fraction of sp³-hybridized carbons (Fsp3) is 0. The maximum atomic E-state index is 3.67. The van der Waals surface area contributed by atoms with Crippen LogP contribution in [0.15, 0.2) is 74.9 Å². The normalized spacial score (nSPS) is 7.62. The number of hydrogen-bond donors (Lipinski definition) is 4. The first-order valence-electron chi connectivity index (χ1n) is 5.71. The quantitative estimate of drug-likeness (QED) is 0.398. The molecule has 4 N–H and O–H groups in total. The largest absolute Gasteiger partial charge is 0.351 e. The van der Waals surface area contributed by atoms with Gasteiger partial charge in [0.05, 0.1) is 25.3 Å². The smallest absolute Gasteiger partial charge is 0.0919 e. The molecular weight excluding hydrogens is 292 g/mol. The summed E-state index contributed by atoms with van der Waals surface area (Å²) in [4.78, 5) is 25.7. The molecule has 9 heteroatoms. The third-order valence-corrected chi connectivity index (χ3v) is 1.62. The zero-order valence-corrected chi connectivity index (χ0v) is 11.9. The van der Waals surface area contributed by atoms with E-state index in [-0.39, 0.29) is 12.4 Å². The van der Waals surface area contributed by atoms with Gasteiger partial charge in [-0.05, 0) is 0 Å². The topological polar surface area (TPSA) is 115 Å². The van der Waals surface area contributed by atoms with Gasteiger partial charge >= 0.3 is 0 Å². The van der Waals surface area contributed by atoms with Crippen LogP contribution in [0.1, 0.15) is 0 Å². The van der Waals surface area contributed by atoms with Gasteiger partial charge in [0.2, 0.25) is 0 Å². The lowest BCUT2D eigenvalue weighted by molar-refractivity contribution is 1.31. The predicted molar refractivity (Wildman–Crippen MR) is 81.6 cm³/mol. The molecule has 4 aromatic rings. The van der Waals surface area contributed by atoms with Crippen molar-refractivity contribution < 1.29 is 0 Å². The van der Waals surface area contributed by atoms with E-state index in [1.165, 1.54) is 0 Å². The van der Waals surface area contributed by atoms with Crippen molar-refractivity contribution in [2.45, 2.75) is 0 Å².